The van der Waals surface area contributed by atoms with E-state index in [-0.39, 0.29) is 11.8 Å². The van der Waals surface area contributed by atoms with E-state index in [0.717, 1.165) is 24.4 Å². The molecule has 0 unspecified atom stereocenters. The number of fused-ring (bicyclic) bond motifs is 1. The second-order valence-corrected chi connectivity index (χ2v) is 4.84. The summed E-state index contributed by atoms with van der Waals surface area (Å²) in [5.41, 5.74) is 2.09. The molecule has 1 aromatic heterocycles. The van der Waals surface area contributed by atoms with E-state index in [9.17, 15) is 4.79 Å². The van der Waals surface area contributed by atoms with Crippen molar-refractivity contribution in [2.45, 2.75) is 26.8 Å². The summed E-state index contributed by atoms with van der Waals surface area (Å²) in [6.45, 7) is 5.22. The number of hydrogen-bond acceptors (Lipinski definition) is 2. The lowest BCUT2D eigenvalue weighted by molar-refractivity contribution is -0.135. The summed E-state index contributed by atoms with van der Waals surface area (Å²) >= 11 is 5.96. The molecule has 0 saturated heterocycles. The van der Waals surface area contributed by atoms with E-state index in [1.165, 1.54) is 0 Å². The van der Waals surface area contributed by atoms with Crippen LogP contribution in [0.4, 0.5) is 0 Å². The summed E-state index contributed by atoms with van der Waals surface area (Å²) in [5.74, 6) is 0.244. The summed E-state index contributed by atoms with van der Waals surface area (Å²) in [4.78, 5) is 18.0. The second kappa shape index (κ2) is 4.09. The van der Waals surface area contributed by atoms with Crippen LogP contribution in [0.1, 0.15) is 25.2 Å². The molecule has 88 valence electrons. The molecule has 1 amide bonds. The maximum atomic E-state index is 11.9. The summed E-state index contributed by atoms with van der Waals surface area (Å²) in [5, 5.41) is 0.504. The topological polar surface area (TPSA) is 38.1 Å². The van der Waals surface area contributed by atoms with Crippen molar-refractivity contribution in [3.05, 3.63) is 16.7 Å². The van der Waals surface area contributed by atoms with E-state index < -0.39 is 0 Å². The fourth-order valence-electron chi connectivity index (χ4n) is 2.01. The highest BCUT2D eigenvalue weighted by Gasteiger charge is 2.26. The van der Waals surface area contributed by atoms with Crippen molar-refractivity contribution in [1.82, 2.24) is 14.5 Å². The van der Waals surface area contributed by atoms with Crippen molar-refractivity contribution >= 4 is 17.5 Å². The summed E-state index contributed by atoms with van der Waals surface area (Å²) < 4.78 is 1.86. The molecule has 1 aliphatic rings. The van der Waals surface area contributed by atoms with Crippen LogP contribution in [-0.2, 0) is 24.8 Å². The number of amides is 1. The van der Waals surface area contributed by atoms with Crippen LogP contribution in [0.3, 0.4) is 0 Å². The summed E-state index contributed by atoms with van der Waals surface area (Å²) in [7, 11) is 1.89. The molecule has 5 heteroatoms. The van der Waals surface area contributed by atoms with Gasteiger partial charge in [-0.2, -0.15) is 0 Å². The molecule has 1 aromatic rings. The van der Waals surface area contributed by atoms with Gasteiger partial charge in [-0.1, -0.05) is 13.8 Å². The molecule has 0 atom stereocenters. The lowest BCUT2D eigenvalue weighted by atomic mass is 10.1. The smallest absolute Gasteiger partial charge is 0.225 e. The Kier molecular flexibility index (Phi) is 2.93. The van der Waals surface area contributed by atoms with Gasteiger partial charge in [-0.15, -0.1) is 0 Å². The molecule has 2 heterocycles. The minimum atomic E-state index is 0.0465. The van der Waals surface area contributed by atoms with Crippen molar-refractivity contribution in [3.63, 3.8) is 0 Å². The van der Waals surface area contributed by atoms with Crippen LogP contribution in [0, 0.1) is 5.92 Å². The van der Waals surface area contributed by atoms with Crippen LogP contribution in [0.5, 0.6) is 0 Å². The standard InChI is InChI=1S/C11H16ClN3O/c1-7(2)10(16)15-5-4-8-9(6-15)14(3)11(12)13-8/h7H,4-6H2,1-3H3. The first-order valence-corrected chi connectivity index (χ1v) is 5.87. The average Bonchev–Trinajstić information content (AvgIpc) is 2.53. The molecular weight excluding hydrogens is 226 g/mol. The van der Waals surface area contributed by atoms with E-state index >= 15 is 0 Å². The van der Waals surface area contributed by atoms with Gasteiger partial charge < -0.3 is 9.47 Å². The summed E-state index contributed by atoms with van der Waals surface area (Å²) in [6, 6.07) is 0. The van der Waals surface area contributed by atoms with E-state index in [1.807, 2.05) is 30.4 Å². The van der Waals surface area contributed by atoms with Gasteiger partial charge in [0.2, 0.25) is 11.2 Å². The third kappa shape index (κ3) is 1.82. The van der Waals surface area contributed by atoms with Crippen LogP contribution in [0.2, 0.25) is 5.28 Å². The van der Waals surface area contributed by atoms with Crippen molar-refractivity contribution in [3.8, 4) is 0 Å². The number of halogens is 1. The molecule has 16 heavy (non-hydrogen) atoms. The highest BCUT2D eigenvalue weighted by molar-refractivity contribution is 6.28. The Morgan fingerprint density at radius 2 is 2.19 bits per heavy atom. The predicted molar refractivity (Wildman–Crippen MR) is 62.2 cm³/mol. The van der Waals surface area contributed by atoms with Gasteiger partial charge in [0, 0.05) is 25.9 Å². The quantitative estimate of drug-likeness (QED) is 0.749. The fraction of sp³-hybridized carbons (Fsp3) is 0.636. The van der Waals surface area contributed by atoms with Crippen molar-refractivity contribution in [2.24, 2.45) is 13.0 Å². The Morgan fingerprint density at radius 1 is 1.50 bits per heavy atom. The molecule has 0 N–H and O–H groups in total. The summed E-state index contributed by atoms with van der Waals surface area (Å²) in [6.07, 6.45) is 0.800. The zero-order valence-electron chi connectivity index (χ0n) is 9.83. The number of hydrogen-bond donors (Lipinski definition) is 0. The highest BCUT2D eigenvalue weighted by atomic mass is 35.5. The number of carbonyl (C=O) groups excluding carboxylic acids is 1. The molecule has 1 aliphatic heterocycles. The predicted octanol–water partition coefficient (Wildman–Crippen LogP) is 1.61. The average molecular weight is 242 g/mol. The number of aromatic nitrogens is 2. The molecule has 0 aromatic carbocycles. The van der Waals surface area contributed by atoms with Gasteiger partial charge in [-0.05, 0) is 11.6 Å². The molecule has 4 nitrogen and oxygen atoms in total. The van der Waals surface area contributed by atoms with E-state index in [0.29, 0.717) is 11.8 Å². The first-order chi connectivity index (χ1) is 7.50. The minimum absolute atomic E-state index is 0.0465. The van der Waals surface area contributed by atoms with Crippen LogP contribution in [-0.4, -0.2) is 26.9 Å². The van der Waals surface area contributed by atoms with Gasteiger partial charge >= 0.3 is 0 Å². The molecule has 0 aliphatic carbocycles. The largest absolute Gasteiger partial charge is 0.336 e. The zero-order valence-corrected chi connectivity index (χ0v) is 10.6. The molecule has 0 radical (unpaired) electrons. The Bertz CT molecular complexity index is 425. The Morgan fingerprint density at radius 3 is 2.81 bits per heavy atom. The van der Waals surface area contributed by atoms with Gasteiger partial charge in [0.25, 0.3) is 0 Å². The first kappa shape index (κ1) is 11.5. The molecular formula is C11H16ClN3O. The fourth-order valence-corrected chi connectivity index (χ4v) is 2.21. The number of nitrogens with zero attached hydrogens (tertiary/aromatic N) is 3. The number of carbonyl (C=O) groups is 1. The maximum Gasteiger partial charge on any atom is 0.225 e. The van der Waals surface area contributed by atoms with Gasteiger partial charge in [0.15, 0.2) is 0 Å². The van der Waals surface area contributed by atoms with E-state index in [2.05, 4.69) is 4.98 Å². The number of imidazole rings is 1. The third-order valence-electron chi connectivity index (χ3n) is 3.01. The molecule has 0 saturated carbocycles. The molecule has 0 bridgehead atoms. The Hall–Kier alpha value is -1.03. The van der Waals surface area contributed by atoms with Crippen molar-refractivity contribution < 1.29 is 4.79 Å². The monoisotopic (exact) mass is 241 g/mol. The van der Waals surface area contributed by atoms with Crippen LogP contribution in [0.15, 0.2) is 0 Å². The second-order valence-electron chi connectivity index (χ2n) is 4.50. The maximum absolute atomic E-state index is 11.9. The normalized spacial score (nSPS) is 15.4. The Labute approximate surface area is 100 Å². The lowest BCUT2D eigenvalue weighted by Crippen LogP contribution is -2.38. The van der Waals surface area contributed by atoms with Crippen LogP contribution < -0.4 is 0 Å². The van der Waals surface area contributed by atoms with E-state index in [4.69, 9.17) is 11.6 Å². The number of rotatable bonds is 1. The van der Waals surface area contributed by atoms with E-state index in [1.54, 1.807) is 0 Å². The SMILES string of the molecule is CC(C)C(=O)N1CCc2nc(Cl)n(C)c2C1. The van der Waals surface area contributed by atoms with Crippen molar-refractivity contribution in [2.75, 3.05) is 6.54 Å². The molecule has 0 fully saturated rings. The highest BCUT2D eigenvalue weighted by Crippen LogP contribution is 2.22. The molecule has 0 spiro atoms. The van der Waals surface area contributed by atoms with Crippen LogP contribution >= 0.6 is 11.6 Å². The first-order valence-electron chi connectivity index (χ1n) is 5.49. The minimum Gasteiger partial charge on any atom is -0.336 e. The zero-order chi connectivity index (χ0) is 11.9. The van der Waals surface area contributed by atoms with Gasteiger partial charge in [-0.3, -0.25) is 4.79 Å². The lowest BCUT2D eigenvalue weighted by Gasteiger charge is -2.28. The van der Waals surface area contributed by atoms with Crippen molar-refractivity contribution in [1.29, 1.82) is 0 Å². The molecule has 2 rings (SSSR count). The third-order valence-corrected chi connectivity index (χ3v) is 3.34. The Balaban J connectivity index is 2.23. The van der Waals surface area contributed by atoms with Gasteiger partial charge in [0.1, 0.15) is 0 Å². The van der Waals surface area contributed by atoms with Gasteiger partial charge in [0.05, 0.1) is 17.9 Å². The van der Waals surface area contributed by atoms with Crippen LogP contribution in [0.25, 0.3) is 0 Å². The van der Waals surface area contributed by atoms with Gasteiger partial charge in [-0.25, -0.2) is 4.98 Å².